The lowest BCUT2D eigenvalue weighted by molar-refractivity contribution is -0.680. The molecule has 0 spiro atoms. The van der Waals surface area contributed by atoms with Crippen molar-refractivity contribution >= 4 is 17.7 Å². The van der Waals surface area contributed by atoms with E-state index in [1.165, 1.54) is 0 Å². The number of hydrogen-bond donors (Lipinski definition) is 0. The first-order valence-electron chi connectivity index (χ1n) is 10.5. The molecule has 0 unspecified atom stereocenters. The van der Waals surface area contributed by atoms with Gasteiger partial charge in [0.15, 0.2) is 24.1 Å². The standard InChI is InChI=1S/C25H32N7.ClH/c1-28(2)18-17-23-31(26-24(29(3)4)21-13-9-7-10-14-21)19-20-32(23)27-25(30(5)6)22-15-11-8-12-16-22;/h7-20H,1-6H3;1H/q+1;/p-1. The summed E-state index contributed by atoms with van der Waals surface area (Å²) >= 11 is 0. The number of hydrogen-bond acceptors (Lipinski definition) is 3. The van der Waals surface area contributed by atoms with Crippen LogP contribution in [-0.2, 0) is 0 Å². The summed E-state index contributed by atoms with van der Waals surface area (Å²) in [5, 5.41) is 9.88. The maximum Gasteiger partial charge on any atom is 0.334 e. The molecule has 8 heteroatoms. The maximum atomic E-state index is 4.94. The van der Waals surface area contributed by atoms with Gasteiger partial charge in [0, 0.05) is 65.7 Å². The predicted molar refractivity (Wildman–Crippen MR) is 131 cm³/mol. The number of aromatic nitrogens is 2. The van der Waals surface area contributed by atoms with Crippen LogP contribution in [-0.4, -0.2) is 73.3 Å². The Balaban J connectivity index is 0.00000385. The highest BCUT2D eigenvalue weighted by Gasteiger charge is 2.19. The van der Waals surface area contributed by atoms with Crippen molar-refractivity contribution in [3.8, 4) is 0 Å². The lowest BCUT2D eigenvalue weighted by atomic mass is 10.2. The van der Waals surface area contributed by atoms with E-state index in [4.69, 9.17) is 10.2 Å². The van der Waals surface area contributed by atoms with Crippen LogP contribution in [0.5, 0.6) is 0 Å². The molecular formula is C25H32ClN7. The molecule has 33 heavy (non-hydrogen) atoms. The topological polar surface area (TPSA) is 43.3 Å². The summed E-state index contributed by atoms with van der Waals surface area (Å²) in [6, 6.07) is 20.3. The number of rotatable bonds is 6. The van der Waals surface area contributed by atoms with Gasteiger partial charge in [0.2, 0.25) is 0 Å². The van der Waals surface area contributed by atoms with E-state index in [1.807, 2.05) is 127 Å². The Hall–Kier alpha value is -3.58. The maximum absolute atomic E-state index is 4.94. The minimum absolute atomic E-state index is 0. The number of halogens is 1. The van der Waals surface area contributed by atoms with Gasteiger partial charge in [-0.1, -0.05) is 80.2 Å². The van der Waals surface area contributed by atoms with E-state index in [0.29, 0.717) is 0 Å². The summed E-state index contributed by atoms with van der Waals surface area (Å²) in [5.41, 5.74) is 2.09. The molecule has 0 aliphatic rings. The Morgan fingerprint density at radius 1 is 0.788 bits per heavy atom. The second-order valence-corrected chi connectivity index (χ2v) is 7.99. The highest BCUT2D eigenvalue weighted by atomic mass is 35.5. The average Bonchev–Trinajstić information content (AvgIpc) is 3.16. The van der Waals surface area contributed by atoms with Crippen molar-refractivity contribution in [3.05, 3.63) is 96.2 Å². The zero-order chi connectivity index (χ0) is 23.1. The van der Waals surface area contributed by atoms with Crippen LogP contribution in [0, 0.1) is 0 Å². The van der Waals surface area contributed by atoms with E-state index >= 15 is 0 Å². The molecule has 0 fully saturated rings. The number of imidazole rings is 1. The molecule has 0 aliphatic heterocycles. The smallest absolute Gasteiger partial charge is 0.334 e. The Morgan fingerprint density at radius 2 is 1.30 bits per heavy atom. The fourth-order valence-corrected chi connectivity index (χ4v) is 3.11. The molecule has 0 bridgehead atoms. The number of amidine groups is 2. The first-order valence-corrected chi connectivity index (χ1v) is 10.5. The normalized spacial score (nSPS) is 11.9. The summed E-state index contributed by atoms with van der Waals surface area (Å²) in [6.07, 6.45) is 7.83. The highest BCUT2D eigenvalue weighted by molar-refractivity contribution is 5.98. The zero-order valence-electron chi connectivity index (χ0n) is 20.1. The van der Waals surface area contributed by atoms with Crippen LogP contribution in [0.2, 0.25) is 0 Å². The molecule has 0 radical (unpaired) electrons. The van der Waals surface area contributed by atoms with Crippen molar-refractivity contribution in [2.75, 3.05) is 42.3 Å². The van der Waals surface area contributed by atoms with Gasteiger partial charge in [-0.05, 0) is 0 Å². The van der Waals surface area contributed by atoms with Crippen LogP contribution < -0.4 is 17.1 Å². The lowest BCUT2D eigenvalue weighted by Crippen LogP contribution is -3.00. The molecule has 7 nitrogen and oxygen atoms in total. The predicted octanol–water partition coefficient (Wildman–Crippen LogP) is -0.145. The average molecular weight is 466 g/mol. The summed E-state index contributed by atoms with van der Waals surface area (Å²) in [5.74, 6) is 2.53. The second-order valence-electron chi connectivity index (χ2n) is 7.99. The Kier molecular flexibility index (Phi) is 9.24. The van der Waals surface area contributed by atoms with Crippen molar-refractivity contribution in [2.24, 2.45) is 10.2 Å². The minimum atomic E-state index is 0. The highest BCUT2D eigenvalue weighted by Crippen LogP contribution is 2.08. The third kappa shape index (κ3) is 6.70. The van der Waals surface area contributed by atoms with E-state index in [9.17, 15) is 0 Å². The monoisotopic (exact) mass is 465 g/mol. The third-order valence-corrected chi connectivity index (χ3v) is 4.66. The number of nitrogens with zero attached hydrogens (tertiary/aromatic N) is 7. The summed E-state index contributed by atoms with van der Waals surface area (Å²) in [7, 11) is 12.0. The van der Waals surface area contributed by atoms with E-state index < -0.39 is 0 Å². The van der Waals surface area contributed by atoms with Crippen molar-refractivity contribution in [1.29, 1.82) is 0 Å². The van der Waals surface area contributed by atoms with Gasteiger partial charge in [0.05, 0.1) is 0 Å². The molecule has 0 N–H and O–H groups in total. The van der Waals surface area contributed by atoms with Gasteiger partial charge in [-0.25, -0.2) is 0 Å². The lowest BCUT2D eigenvalue weighted by Gasteiger charge is -2.14. The van der Waals surface area contributed by atoms with E-state index in [1.54, 1.807) is 0 Å². The molecule has 0 saturated carbocycles. The fourth-order valence-electron chi connectivity index (χ4n) is 3.11. The first-order chi connectivity index (χ1) is 15.4. The van der Waals surface area contributed by atoms with Gasteiger partial charge >= 0.3 is 5.82 Å². The Bertz CT molecular complexity index is 1020. The minimum Gasteiger partial charge on any atom is -1.00 e. The van der Waals surface area contributed by atoms with E-state index in [-0.39, 0.29) is 12.4 Å². The molecule has 1 aromatic heterocycles. The fraction of sp³-hybridized carbons (Fsp3) is 0.240. The molecule has 1 heterocycles. The van der Waals surface area contributed by atoms with Gasteiger partial charge in [0.1, 0.15) is 0 Å². The molecule has 0 atom stereocenters. The molecule has 0 aliphatic carbocycles. The largest absolute Gasteiger partial charge is 1.00 e. The van der Waals surface area contributed by atoms with Crippen molar-refractivity contribution in [1.82, 2.24) is 19.4 Å². The third-order valence-electron chi connectivity index (χ3n) is 4.66. The molecular weight excluding hydrogens is 434 g/mol. The van der Waals surface area contributed by atoms with Crippen LogP contribution in [0.15, 0.2) is 89.5 Å². The molecule has 174 valence electrons. The van der Waals surface area contributed by atoms with Gasteiger partial charge in [-0.2, -0.15) is 0 Å². The molecule has 0 amide bonds. The van der Waals surface area contributed by atoms with Crippen LogP contribution in [0.25, 0.3) is 6.08 Å². The second kappa shape index (κ2) is 11.9. The van der Waals surface area contributed by atoms with Gasteiger partial charge in [-0.15, -0.1) is 0 Å². The van der Waals surface area contributed by atoms with E-state index in [0.717, 1.165) is 28.6 Å². The molecule has 2 aromatic carbocycles. The number of benzene rings is 2. The summed E-state index contributed by atoms with van der Waals surface area (Å²) < 4.78 is 3.70. The molecule has 3 aromatic rings. The van der Waals surface area contributed by atoms with Crippen LogP contribution in [0.3, 0.4) is 0 Å². The van der Waals surface area contributed by atoms with Crippen LogP contribution in [0.1, 0.15) is 17.0 Å². The van der Waals surface area contributed by atoms with Gasteiger partial charge in [-0.3, -0.25) is 0 Å². The zero-order valence-corrected chi connectivity index (χ0v) is 20.8. The van der Waals surface area contributed by atoms with Crippen molar-refractivity contribution in [3.63, 3.8) is 0 Å². The molecule has 3 rings (SSSR count). The summed E-state index contributed by atoms with van der Waals surface area (Å²) in [6.45, 7) is 0. The van der Waals surface area contributed by atoms with Crippen LogP contribution >= 0.6 is 0 Å². The Labute approximate surface area is 203 Å². The Morgan fingerprint density at radius 3 is 1.79 bits per heavy atom. The van der Waals surface area contributed by atoms with Crippen molar-refractivity contribution in [2.45, 2.75) is 0 Å². The van der Waals surface area contributed by atoms with Gasteiger partial charge < -0.3 is 27.1 Å². The molecule has 0 saturated heterocycles. The SMILES string of the molecule is CN(C)C=Cc1n(N=C(c2ccccc2)N(C)C)cc[n+]1N=C(c1ccccc1)N(C)C.[Cl-]. The van der Waals surface area contributed by atoms with Crippen LogP contribution in [0.4, 0.5) is 0 Å². The quantitative estimate of drug-likeness (QED) is 0.289. The van der Waals surface area contributed by atoms with E-state index in [2.05, 4.69) is 24.3 Å². The summed E-state index contributed by atoms with van der Waals surface area (Å²) in [4.78, 5) is 6.01. The first kappa shape index (κ1) is 25.7. The van der Waals surface area contributed by atoms with Gasteiger partial charge in [0.25, 0.3) is 0 Å². The van der Waals surface area contributed by atoms with Crippen molar-refractivity contribution < 1.29 is 17.1 Å².